The lowest BCUT2D eigenvalue weighted by Gasteiger charge is -2.10. The highest BCUT2D eigenvalue weighted by Crippen LogP contribution is 2.30. The summed E-state index contributed by atoms with van der Waals surface area (Å²) in [4.78, 5) is 35.1. The Labute approximate surface area is 137 Å². The molecule has 1 fully saturated rings. The second-order valence-electron chi connectivity index (χ2n) is 6.43. The molecule has 5 heteroatoms. The lowest BCUT2D eigenvalue weighted by Crippen LogP contribution is -2.34. The van der Waals surface area contributed by atoms with E-state index in [9.17, 15) is 14.4 Å². The highest BCUT2D eigenvalue weighted by molar-refractivity contribution is 6.16. The maximum absolute atomic E-state index is 11.8. The van der Waals surface area contributed by atoms with Crippen molar-refractivity contribution in [1.82, 2.24) is 5.32 Å². The van der Waals surface area contributed by atoms with E-state index in [1.807, 2.05) is 0 Å². The number of nitrogens with one attached hydrogen (secondary N) is 1. The molecule has 1 saturated heterocycles. The molecule has 1 aliphatic heterocycles. The van der Waals surface area contributed by atoms with Gasteiger partial charge >= 0.3 is 0 Å². The van der Waals surface area contributed by atoms with Gasteiger partial charge in [-0.3, -0.25) is 14.4 Å². The van der Waals surface area contributed by atoms with E-state index in [1.54, 1.807) is 0 Å². The second-order valence-corrected chi connectivity index (χ2v) is 6.43. The molecule has 0 saturated carbocycles. The Hall–Kier alpha value is -1.49. The first-order valence-corrected chi connectivity index (χ1v) is 8.88. The minimum absolute atomic E-state index is 0.0923. The maximum atomic E-state index is 11.8. The second kappa shape index (κ2) is 8.96. The zero-order valence-electron chi connectivity index (χ0n) is 13.9. The first-order chi connectivity index (χ1) is 11.1. The molecule has 0 aromatic rings. The predicted molar refractivity (Wildman–Crippen MR) is 86.7 cm³/mol. The van der Waals surface area contributed by atoms with Gasteiger partial charge in [-0.2, -0.15) is 0 Å². The first kappa shape index (κ1) is 17.9. The van der Waals surface area contributed by atoms with Gasteiger partial charge in [-0.05, 0) is 6.42 Å². The fourth-order valence-electron chi connectivity index (χ4n) is 2.88. The van der Waals surface area contributed by atoms with E-state index in [4.69, 9.17) is 4.74 Å². The van der Waals surface area contributed by atoms with E-state index in [2.05, 4.69) is 12.2 Å². The number of ketones is 2. The summed E-state index contributed by atoms with van der Waals surface area (Å²) in [5.74, 6) is -0.706. The normalized spacial score (nSPS) is 22.6. The number of ether oxygens (including phenoxy) is 1. The number of fused-ring (bicyclic) bond motifs is 1. The van der Waals surface area contributed by atoms with Gasteiger partial charge < -0.3 is 10.1 Å². The summed E-state index contributed by atoms with van der Waals surface area (Å²) < 4.78 is 4.97. The molecule has 23 heavy (non-hydrogen) atoms. The lowest BCUT2D eigenvalue weighted by atomic mass is 10.0. The summed E-state index contributed by atoms with van der Waals surface area (Å²) in [6.45, 7) is 2.22. The Bertz CT molecular complexity index is 483. The number of amides is 1. The number of epoxide rings is 1. The van der Waals surface area contributed by atoms with Gasteiger partial charge in [0.25, 0.3) is 0 Å². The molecule has 2 rings (SSSR count). The molecular weight excluding hydrogens is 294 g/mol. The summed E-state index contributed by atoms with van der Waals surface area (Å²) in [5, 5.41) is 2.55. The Morgan fingerprint density at radius 2 is 1.61 bits per heavy atom. The Kier molecular flexibility index (Phi) is 6.96. The molecule has 0 spiro atoms. The van der Waals surface area contributed by atoms with Crippen LogP contribution in [-0.2, 0) is 19.1 Å². The number of unbranched alkanes of at least 4 members (excludes halogenated alkanes) is 8. The zero-order chi connectivity index (χ0) is 16.7. The molecule has 0 aromatic heterocycles. The third-order valence-electron chi connectivity index (χ3n) is 4.36. The highest BCUT2D eigenvalue weighted by Gasteiger charge is 2.53. The van der Waals surface area contributed by atoms with Gasteiger partial charge in [0.2, 0.25) is 11.7 Å². The third kappa shape index (κ3) is 5.57. The van der Waals surface area contributed by atoms with Crippen LogP contribution in [0.15, 0.2) is 11.8 Å². The number of Topliss-reactive ketones (excluding diaryl/α,β-unsaturated/α-hetero) is 1. The quantitative estimate of drug-likeness (QED) is 0.469. The molecule has 2 atom stereocenters. The van der Waals surface area contributed by atoms with E-state index in [0.717, 1.165) is 19.3 Å². The summed E-state index contributed by atoms with van der Waals surface area (Å²) in [7, 11) is 0. The average molecular weight is 321 g/mol. The summed E-state index contributed by atoms with van der Waals surface area (Å²) in [6, 6.07) is 0. The van der Waals surface area contributed by atoms with Gasteiger partial charge in [-0.15, -0.1) is 0 Å². The van der Waals surface area contributed by atoms with Crippen LogP contribution >= 0.6 is 0 Å². The van der Waals surface area contributed by atoms with Crippen molar-refractivity contribution in [3.63, 3.8) is 0 Å². The van der Waals surface area contributed by atoms with Crippen LogP contribution in [-0.4, -0.2) is 29.7 Å². The van der Waals surface area contributed by atoms with Crippen molar-refractivity contribution in [2.75, 3.05) is 0 Å². The van der Waals surface area contributed by atoms with E-state index in [-0.39, 0.29) is 23.2 Å². The van der Waals surface area contributed by atoms with Crippen molar-refractivity contribution in [2.24, 2.45) is 0 Å². The van der Waals surface area contributed by atoms with Gasteiger partial charge in [0.05, 0.1) is 5.70 Å². The Morgan fingerprint density at radius 3 is 2.26 bits per heavy atom. The van der Waals surface area contributed by atoms with E-state index < -0.39 is 12.2 Å². The number of carbonyl (C=O) groups excluding carboxylic acids is 3. The molecular formula is C18H27NO4. The molecule has 1 N–H and O–H groups in total. The van der Waals surface area contributed by atoms with Crippen LogP contribution in [0.25, 0.3) is 0 Å². The standard InChI is InChI=1S/C18H27NO4/c1-2-3-4-5-6-7-8-9-10-11-15(21)19-13-12-14(20)17-18(23-17)16(13)22/h12,17-18H,2-11H2,1H3,(H,19,21)/t17-,18+/m0/s1. The number of hydrogen-bond acceptors (Lipinski definition) is 4. The monoisotopic (exact) mass is 321 g/mol. The SMILES string of the molecule is CCCCCCCCCCCC(=O)NC1=CC(=O)[C@@H]2O[C@@H]2C1=O. The first-order valence-electron chi connectivity index (χ1n) is 8.88. The molecule has 0 radical (unpaired) electrons. The molecule has 0 aromatic carbocycles. The van der Waals surface area contributed by atoms with Crippen molar-refractivity contribution in [3.05, 3.63) is 11.8 Å². The summed E-state index contributed by atoms with van der Waals surface area (Å²) in [6.07, 6.45) is 11.1. The average Bonchev–Trinajstić information content (AvgIpc) is 3.32. The largest absolute Gasteiger partial charge is 0.352 e. The Balaban J connectivity index is 1.52. The lowest BCUT2D eigenvalue weighted by molar-refractivity contribution is -0.124. The minimum atomic E-state index is -0.657. The molecule has 1 amide bonds. The third-order valence-corrected chi connectivity index (χ3v) is 4.36. The Morgan fingerprint density at radius 1 is 1.00 bits per heavy atom. The number of rotatable bonds is 11. The fourth-order valence-corrected chi connectivity index (χ4v) is 2.88. The topological polar surface area (TPSA) is 75.8 Å². The van der Waals surface area contributed by atoms with Crippen molar-refractivity contribution < 1.29 is 19.1 Å². The molecule has 1 aliphatic carbocycles. The van der Waals surface area contributed by atoms with Gasteiger partial charge in [-0.25, -0.2) is 0 Å². The van der Waals surface area contributed by atoms with Crippen LogP contribution in [0.1, 0.15) is 71.1 Å². The van der Waals surface area contributed by atoms with Crippen molar-refractivity contribution >= 4 is 17.5 Å². The van der Waals surface area contributed by atoms with Crippen LogP contribution in [0.3, 0.4) is 0 Å². The fraction of sp³-hybridized carbons (Fsp3) is 0.722. The summed E-state index contributed by atoms with van der Waals surface area (Å²) in [5.41, 5.74) is 0.0923. The number of hydrogen-bond donors (Lipinski definition) is 1. The van der Waals surface area contributed by atoms with Crippen LogP contribution in [0.5, 0.6) is 0 Å². The smallest absolute Gasteiger partial charge is 0.224 e. The van der Waals surface area contributed by atoms with E-state index in [0.29, 0.717) is 6.42 Å². The molecule has 2 aliphatic rings. The van der Waals surface area contributed by atoms with Crippen LogP contribution in [0.4, 0.5) is 0 Å². The van der Waals surface area contributed by atoms with Crippen molar-refractivity contribution in [3.8, 4) is 0 Å². The molecule has 1 heterocycles. The molecule has 0 bridgehead atoms. The van der Waals surface area contributed by atoms with E-state index >= 15 is 0 Å². The zero-order valence-corrected chi connectivity index (χ0v) is 13.9. The van der Waals surface area contributed by atoms with Gasteiger partial charge in [0.15, 0.2) is 18.0 Å². The predicted octanol–water partition coefficient (Wildman–Crippen LogP) is 2.83. The van der Waals surface area contributed by atoms with Crippen LogP contribution < -0.4 is 5.32 Å². The van der Waals surface area contributed by atoms with Gasteiger partial charge in [0, 0.05) is 12.5 Å². The summed E-state index contributed by atoms with van der Waals surface area (Å²) >= 11 is 0. The van der Waals surface area contributed by atoms with E-state index in [1.165, 1.54) is 44.6 Å². The van der Waals surface area contributed by atoms with Gasteiger partial charge in [0.1, 0.15) is 0 Å². The maximum Gasteiger partial charge on any atom is 0.224 e. The molecule has 0 unspecified atom stereocenters. The van der Waals surface area contributed by atoms with Crippen LogP contribution in [0.2, 0.25) is 0 Å². The molecule has 5 nitrogen and oxygen atoms in total. The van der Waals surface area contributed by atoms with Crippen molar-refractivity contribution in [2.45, 2.75) is 83.3 Å². The molecule has 128 valence electrons. The highest BCUT2D eigenvalue weighted by atomic mass is 16.6. The van der Waals surface area contributed by atoms with Gasteiger partial charge in [-0.1, -0.05) is 58.3 Å². The van der Waals surface area contributed by atoms with Crippen molar-refractivity contribution in [1.29, 1.82) is 0 Å². The van der Waals surface area contributed by atoms with Crippen LogP contribution in [0, 0.1) is 0 Å². The minimum Gasteiger partial charge on any atom is -0.352 e. The number of carbonyl (C=O) groups is 3.